The fourth-order valence-electron chi connectivity index (χ4n) is 1.18. The van der Waals surface area contributed by atoms with E-state index in [1.807, 2.05) is 24.3 Å². The Morgan fingerprint density at radius 1 is 1.38 bits per heavy atom. The van der Waals surface area contributed by atoms with E-state index < -0.39 is 11.9 Å². The highest BCUT2D eigenvalue weighted by atomic mass is 79.9. The number of amides is 1. The Morgan fingerprint density at radius 3 is 2.69 bits per heavy atom. The molecule has 4 nitrogen and oxygen atoms in total. The molecule has 0 bridgehead atoms. The van der Waals surface area contributed by atoms with Gasteiger partial charge in [0.15, 0.2) is 0 Å². The molecule has 1 aromatic carbocycles. The molecule has 0 radical (unpaired) electrons. The van der Waals surface area contributed by atoms with Crippen LogP contribution in [0.4, 0.5) is 0 Å². The van der Waals surface area contributed by atoms with E-state index in [1.165, 1.54) is 7.11 Å². The minimum absolute atomic E-state index is 0.399. The molecule has 86 valence electrons. The van der Waals surface area contributed by atoms with Gasteiger partial charge in [0.25, 0.3) is 0 Å². The molecule has 0 unspecified atom stereocenters. The van der Waals surface area contributed by atoms with Crippen LogP contribution in [0.25, 0.3) is 0 Å². The third-order valence-corrected chi connectivity index (χ3v) is 2.78. The number of rotatable bonds is 3. The van der Waals surface area contributed by atoms with Gasteiger partial charge < -0.3 is 10.1 Å². The molecule has 0 aromatic heterocycles. The van der Waals surface area contributed by atoms with Crippen LogP contribution in [0.1, 0.15) is 5.56 Å². The Kier molecular flexibility index (Phi) is 4.98. The number of ether oxygens (including phenoxy) is 1. The van der Waals surface area contributed by atoms with E-state index in [0.29, 0.717) is 13.0 Å². The molecule has 0 aliphatic rings. The predicted molar refractivity (Wildman–Crippen MR) is 62.9 cm³/mol. The van der Waals surface area contributed by atoms with Crippen LogP contribution in [0.15, 0.2) is 28.7 Å². The minimum atomic E-state index is -0.868. The molecule has 0 saturated carbocycles. The summed E-state index contributed by atoms with van der Waals surface area (Å²) >= 11 is 3.40. The third-order valence-electron chi connectivity index (χ3n) is 2.01. The summed E-state index contributed by atoms with van der Waals surface area (Å²) in [7, 11) is 1.18. The first-order chi connectivity index (χ1) is 7.65. The monoisotopic (exact) mass is 285 g/mol. The van der Waals surface area contributed by atoms with E-state index in [2.05, 4.69) is 26.0 Å². The number of benzene rings is 1. The molecule has 0 atom stereocenters. The van der Waals surface area contributed by atoms with Crippen molar-refractivity contribution in [3.05, 3.63) is 34.3 Å². The van der Waals surface area contributed by atoms with Gasteiger partial charge in [-0.25, -0.2) is 4.79 Å². The fourth-order valence-corrected chi connectivity index (χ4v) is 1.66. The van der Waals surface area contributed by atoms with Gasteiger partial charge in [-0.05, 0) is 18.1 Å². The topological polar surface area (TPSA) is 55.4 Å². The molecule has 1 rings (SSSR count). The van der Waals surface area contributed by atoms with E-state index in [9.17, 15) is 9.59 Å². The second-order valence-corrected chi connectivity index (χ2v) is 3.94. The molecule has 16 heavy (non-hydrogen) atoms. The van der Waals surface area contributed by atoms with Gasteiger partial charge in [0, 0.05) is 11.0 Å². The van der Waals surface area contributed by atoms with E-state index in [4.69, 9.17) is 0 Å². The average Bonchev–Trinajstić information content (AvgIpc) is 2.30. The van der Waals surface area contributed by atoms with Crippen molar-refractivity contribution in [1.82, 2.24) is 5.32 Å². The lowest BCUT2D eigenvalue weighted by molar-refractivity contribution is -0.152. The Hall–Kier alpha value is -1.36. The molecule has 0 aliphatic heterocycles. The number of carbonyl (C=O) groups is 2. The standard InChI is InChI=1S/C11H12BrNO3/c1-16-11(15)10(14)13-7-6-8-4-2-3-5-9(8)12/h2-5H,6-7H2,1H3,(H,13,14). The molecular weight excluding hydrogens is 274 g/mol. The van der Waals surface area contributed by atoms with Gasteiger partial charge in [-0.15, -0.1) is 0 Å². The zero-order chi connectivity index (χ0) is 12.0. The van der Waals surface area contributed by atoms with Crippen LogP contribution in [-0.4, -0.2) is 25.5 Å². The van der Waals surface area contributed by atoms with Gasteiger partial charge >= 0.3 is 11.9 Å². The Morgan fingerprint density at radius 2 is 2.06 bits per heavy atom. The molecule has 1 aromatic rings. The van der Waals surface area contributed by atoms with E-state index in [1.54, 1.807) is 0 Å². The Bertz CT molecular complexity index is 393. The normalized spacial score (nSPS) is 9.62. The van der Waals surface area contributed by atoms with Crippen LogP contribution in [-0.2, 0) is 20.7 Å². The van der Waals surface area contributed by atoms with Gasteiger partial charge in [0.1, 0.15) is 0 Å². The smallest absolute Gasteiger partial charge is 0.396 e. The van der Waals surface area contributed by atoms with E-state index >= 15 is 0 Å². The second-order valence-electron chi connectivity index (χ2n) is 3.09. The highest BCUT2D eigenvalue weighted by Gasteiger charge is 2.12. The lowest BCUT2D eigenvalue weighted by Gasteiger charge is -2.05. The zero-order valence-electron chi connectivity index (χ0n) is 8.83. The lowest BCUT2D eigenvalue weighted by Crippen LogP contribution is -2.33. The number of hydrogen-bond donors (Lipinski definition) is 1. The van der Waals surface area contributed by atoms with Crippen LogP contribution >= 0.6 is 15.9 Å². The van der Waals surface area contributed by atoms with Crippen molar-refractivity contribution in [2.45, 2.75) is 6.42 Å². The van der Waals surface area contributed by atoms with Gasteiger partial charge in [0.05, 0.1) is 7.11 Å². The molecule has 1 N–H and O–H groups in total. The van der Waals surface area contributed by atoms with Gasteiger partial charge in [-0.1, -0.05) is 34.1 Å². The number of hydrogen-bond acceptors (Lipinski definition) is 3. The molecule has 0 saturated heterocycles. The molecule has 0 heterocycles. The number of nitrogens with one attached hydrogen (secondary N) is 1. The summed E-state index contributed by atoms with van der Waals surface area (Å²) in [4.78, 5) is 21.8. The molecule has 0 spiro atoms. The van der Waals surface area contributed by atoms with Crippen LogP contribution in [0.3, 0.4) is 0 Å². The summed E-state index contributed by atoms with van der Waals surface area (Å²) in [6.45, 7) is 0.399. The second kappa shape index (κ2) is 6.27. The first kappa shape index (κ1) is 12.7. The quantitative estimate of drug-likeness (QED) is 0.672. The summed E-state index contributed by atoms with van der Waals surface area (Å²) in [5, 5.41) is 2.47. The summed E-state index contributed by atoms with van der Waals surface area (Å²) in [6, 6.07) is 7.72. The third kappa shape index (κ3) is 3.66. The number of halogens is 1. The van der Waals surface area contributed by atoms with Gasteiger partial charge in [0.2, 0.25) is 0 Å². The Balaban J connectivity index is 2.39. The number of carbonyl (C=O) groups excluding carboxylic acids is 2. The molecule has 0 aliphatic carbocycles. The summed E-state index contributed by atoms with van der Waals surface area (Å²) < 4.78 is 5.27. The first-order valence-electron chi connectivity index (χ1n) is 4.74. The predicted octanol–water partition coefficient (Wildman–Crippen LogP) is 1.28. The number of methoxy groups -OCH3 is 1. The van der Waals surface area contributed by atoms with Gasteiger partial charge in [-0.3, -0.25) is 4.79 Å². The van der Waals surface area contributed by atoms with Crippen molar-refractivity contribution in [3.63, 3.8) is 0 Å². The van der Waals surface area contributed by atoms with E-state index in [0.717, 1.165) is 10.0 Å². The van der Waals surface area contributed by atoms with Crippen LogP contribution in [0.2, 0.25) is 0 Å². The maximum atomic E-state index is 11.1. The van der Waals surface area contributed by atoms with Crippen molar-refractivity contribution < 1.29 is 14.3 Å². The van der Waals surface area contributed by atoms with Crippen molar-refractivity contribution in [3.8, 4) is 0 Å². The van der Waals surface area contributed by atoms with Gasteiger partial charge in [-0.2, -0.15) is 0 Å². The Labute approximate surface area is 102 Å². The molecule has 5 heteroatoms. The van der Waals surface area contributed by atoms with Crippen LogP contribution < -0.4 is 5.32 Å². The maximum Gasteiger partial charge on any atom is 0.396 e. The van der Waals surface area contributed by atoms with Crippen molar-refractivity contribution in [2.24, 2.45) is 0 Å². The van der Waals surface area contributed by atoms with Crippen LogP contribution in [0, 0.1) is 0 Å². The van der Waals surface area contributed by atoms with Crippen molar-refractivity contribution >= 4 is 27.8 Å². The highest BCUT2D eigenvalue weighted by molar-refractivity contribution is 9.10. The highest BCUT2D eigenvalue weighted by Crippen LogP contribution is 2.15. The average molecular weight is 286 g/mol. The first-order valence-corrected chi connectivity index (χ1v) is 5.54. The molecule has 1 amide bonds. The summed E-state index contributed by atoms with van der Waals surface area (Å²) in [5.74, 6) is -1.58. The maximum absolute atomic E-state index is 11.1. The van der Waals surface area contributed by atoms with E-state index in [-0.39, 0.29) is 0 Å². The summed E-state index contributed by atoms with van der Waals surface area (Å²) in [5.41, 5.74) is 1.08. The molecular formula is C11H12BrNO3. The van der Waals surface area contributed by atoms with Crippen molar-refractivity contribution in [1.29, 1.82) is 0 Å². The zero-order valence-corrected chi connectivity index (χ0v) is 10.4. The largest absolute Gasteiger partial charge is 0.462 e. The lowest BCUT2D eigenvalue weighted by atomic mass is 10.1. The minimum Gasteiger partial charge on any atom is -0.462 e. The SMILES string of the molecule is COC(=O)C(=O)NCCc1ccccc1Br. The van der Waals surface area contributed by atoms with Crippen molar-refractivity contribution in [2.75, 3.05) is 13.7 Å². The molecule has 0 fully saturated rings. The fraction of sp³-hybridized carbons (Fsp3) is 0.273. The summed E-state index contributed by atoms with van der Waals surface area (Å²) in [6.07, 6.45) is 0.657. The van der Waals surface area contributed by atoms with Crippen LogP contribution in [0.5, 0.6) is 0 Å². The number of esters is 1.